The maximum Gasteiger partial charge on any atom is 0.0641 e. The number of hydrogen-bond donors (Lipinski definition) is 3. The van der Waals surface area contributed by atoms with Crippen molar-refractivity contribution in [3.8, 4) is 0 Å². The Bertz CT molecular complexity index is 355. The van der Waals surface area contributed by atoms with Gasteiger partial charge in [0.05, 0.1) is 11.7 Å². The number of hydrogen-bond acceptors (Lipinski definition) is 3. The lowest BCUT2D eigenvalue weighted by Crippen LogP contribution is -2.41. The van der Waals surface area contributed by atoms with Crippen molar-refractivity contribution >= 4 is 0 Å². The highest BCUT2D eigenvalue weighted by atomic mass is 16.3. The standard InChI is InChI=1S/C19H36O3/c1-14(6-4-10-18(2,22)12-13-20)15-8-9-16-17(21)7-5-11-19(15,16)3/h14-17,20-22H,4-13H2,1-3H3/t14-,15-,16+,17+,18-,19-/m1/s1. The number of aliphatic hydroxyl groups is 3. The van der Waals surface area contributed by atoms with E-state index in [2.05, 4.69) is 13.8 Å². The molecule has 0 unspecified atom stereocenters. The lowest BCUT2D eigenvalue weighted by molar-refractivity contribution is -0.0287. The summed E-state index contributed by atoms with van der Waals surface area (Å²) in [5.41, 5.74) is -0.400. The van der Waals surface area contributed by atoms with Crippen LogP contribution in [0.25, 0.3) is 0 Å². The van der Waals surface area contributed by atoms with Gasteiger partial charge in [0.25, 0.3) is 0 Å². The molecule has 2 saturated carbocycles. The highest BCUT2D eigenvalue weighted by Crippen LogP contribution is 2.58. The van der Waals surface area contributed by atoms with Crippen LogP contribution in [0.1, 0.15) is 78.6 Å². The molecule has 0 bridgehead atoms. The van der Waals surface area contributed by atoms with Gasteiger partial charge in [-0.3, -0.25) is 0 Å². The first kappa shape index (κ1) is 18.2. The van der Waals surface area contributed by atoms with Crippen LogP contribution in [0.4, 0.5) is 0 Å². The van der Waals surface area contributed by atoms with Gasteiger partial charge >= 0.3 is 0 Å². The zero-order valence-electron chi connectivity index (χ0n) is 14.7. The summed E-state index contributed by atoms with van der Waals surface area (Å²) in [7, 11) is 0. The van der Waals surface area contributed by atoms with Crippen LogP contribution in [0.2, 0.25) is 0 Å². The molecule has 0 aromatic heterocycles. The SMILES string of the molecule is C[C@H](CCC[C@@](C)(O)CCO)[C@H]1CC[C@H]2[C@@H](O)CCC[C@]12C. The van der Waals surface area contributed by atoms with E-state index in [4.69, 9.17) is 5.11 Å². The van der Waals surface area contributed by atoms with E-state index in [1.54, 1.807) is 0 Å². The van der Waals surface area contributed by atoms with Crippen molar-refractivity contribution < 1.29 is 15.3 Å². The van der Waals surface area contributed by atoms with Crippen molar-refractivity contribution in [1.82, 2.24) is 0 Å². The van der Waals surface area contributed by atoms with Crippen LogP contribution in [0, 0.1) is 23.2 Å². The molecule has 6 atom stereocenters. The Balaban J connectivity index is 1.86. The molecule has 0 radical (unpaired) electrons. The predicted octanol–water partition coefficient (Wildman–Crippen LogP) is 3.50. The van der Waals surface area contributed by atoms with Gasteiger partial charge in [-0.05, 0) is 68.6 Å². The zero-order chi connectivity index (χ0) is 16.4. The Morgan fingerprint density at radius 3 is 2.64 bits per heavy atom. The minimum absolute atomic E-state index is 0.0584. The largest absolute Gasteiger partial charge is 0.396 e. The second kappa shape index (κ2) is 7.19. The summed E-state index contributed by atoms with van der Waals surface area (Å²) in [4.78, 5) is 0. The van der Waals surface area contributed by atoms with Gasteiger partial charge in [0.15, 0.2) is 0 Å². The fourth-order valence-electron chi connectivity index (χ4n) is 5.50. The molecule has 2 fully saturated rings. The van der Waals surface area contributed by atoms with Crippen molar-refractivity contribution in [2.24, 2.45) is 23.2 Å². The Hall–Kier alpha value is -0.120. The van der Waals surface area contributed by atoms with Crippen molar-refractivity contribution in [2.75, 3.05) is 6.61 Å². The van der Waals surface area contributed by atoms with Crippen LogP contribution in [0.15, 0.2) is 0 Å². The fraction of sp³-hybridized carbons (Fsp3) is 1.00. The Kier molecular flexibility index (Phi) is 5.95. The highest BCUT2D eigenvalue weighted by Gasteiger charge is 2.51. The number of fused-ring (bicyclic) bond motifs is 1. The first-order valence-electron chi connectivity index (χ1n) is 9.31. The van der Waals surface area contributed by atoms with Crippen LogP contribution in [0.5, 0.6) is 0 Å². The van der Waals surface area contributed by atoms with Crippen LogP contribution in [-0.2, 0) is 0 Å². The van der Waals surface area contributed by atoms with Gasteiger partial charge < -0.3 is 15.3 Å². The van der Waals surface area contributed by atoms with Crippen molar-refractivity contribution in [2.45, 2.75) is 90.3 Å². The van der Waals surface area contributed by atoms with Gasteiger partial charge in [0.2, 0.25) is 0 Å². The van der Waals surface area contributed by atoms with Gasteiger partial charge in [0.1, 0.15) is 0 Å². The molecule has 2 rings (SSSR count). The summed E-state index contributed by atoms with van der Waals surface area (Å²) in [6.07, 6.45) is 9.20. The first-order valence-corrected chi connectivity index (χ1v) is 9.31. The minimum Gasteiger partial charge on any atom is -0.396 e. The third-order valence-corrected chi connectivity index (χ3v) is 6.87. The summed E-state index contributed by atoms with van der Waals surface area (Å²) in [6, 6.07) is 0. The normalized spacial score (nSPS) is 39.3. The Morgan fingerprint density at radius 2 is 1.95 bits per heavy atom. The second-order valence-electron chi connectivity index (χ2n) is 8.60. The Labute approximate surface area is 136 Å². The lowest BCUT2D eigenvalue weighted by atomic mass is 9.61. The van der Waals surface area contributed by atoms with Crippen LogP contribution in [0.3, 0.4) is 0 Å². The minimum atomic E-state index is -0.725. The molecule has 2 aliphatic carbocycles. The summed E-state index contributed by atoms with van der Waals surface area (Å²) in [6.45, 7) is 6.66. The molecule has 0 saturated heterocycles. The number of rotatable bonds is 7. The topological polar surface area (TPSA) is 60.7 Å². The lowest BCUT2D eigenvalue weighted by Gasteiger charge is -2.45. The molecule has 0 amide bonds. The maximum atomic E-state index is 10.3. The molecule has 0 aromatic rings. The van der Waals surface area contributed by atoms with E-state index >= 15 is 0 Å². The van der Waals surface area contributed by atoms with Gasteiger partial charge in [0, 0.05) is 6.61 Å². The molecule has 3 nitrogen and oxygen atoms in total. The zero-order valence-corrected chi connectivity index (χ0v) is 14.7. The van der Waals surface area contributed by atoms with E-state index in [-0.39, 0.29) is 12.7 Å². The van der Waals surface area contributed by atoms with E-state index in [1.807, 2.05) is 6.92 Å². The third kappa shape index (κ3) is 3.85. The summed E-state index contributed by atoms with van der Waals surface area (Å²) in [5.74, 6) is 1.88. The quantitative estimate of drug-likeness (QED) is 0.674. The summed E-state index contributed by atoms with van der Waals surface area (Å²) in [5, 5.41) is 29.5. The highest BCUT2D eigenvalue weighted by molar-refractivity contribution is 5.01. The second-order valence-corrected chi connectivity index (χ2v) is 8.60. The molecule has 0 aliphatic heterocycles. The van der Waals surface area contributed by atoms with Gasteiger partial charge in [-0.1, -0.05) is 33.1 Å². The van der Waals surface area contributed by atoms with Crippen LogP contribution < -0.4 is 0 Å². The smallest absolute Gasteiger partial charge is 0.0641 e. The molecule has 0 heterocycles. The molecule has 3 heteroatoms. The van der Waals surface area contributed by atoms with Crippen LogP contribution >= 0.6 is 0 Å². The first-order chi connectivity index (χ1) is 10.3. The summed E-state index contributed by atoms with van der Waals surface area (Å²) >= 11 is 0. The van der Waals surface area contributed by atoms with E-state index in [0.29, 0.717) is 23.7 Å². The van der Waals surface area contributed by atoms with Gasteiger partial charge in [-0.25, -0.2) is 0 Å². The molecular formula is C19H36O3. The van der Waals surface area contributed by atoms with Crippen molar-refractivity contribution in [1.29, 1.82) is 0 Å². The average Bonchev–Trinajstić information content (AvgIpc) is 2.77. The number of aliphatic hydroxyl groups excluding tert-OH is 2. The van der Waals surface area contributed by atoms with Gasteiger partial charge in [-0.15, -0.1) is 0 Å². The molecule has 130 valence electrons. The summed E-state index contributed by atoms with van der Waals surface area (Å²) < 4.78 is 0. The molecule has 0 aromatic carbocycles. The molecule has 2 aliphatic rings. The maximum absolute atomic E-state index is 10.3. The Morgan fingerprint density at radius 1 is 1.23 bits per heavy atom. The van der Waals surface area contributed by atoms with Crippen LogP contribution in [-0.4, -0.2) is 33.6 Å². The molecule has 3 N–H and O–H groups in total. The van der Waals surface area contributed by atoms with E-state index in [9.17, 15) is 10.2 Å². The van der Waals surface area contributed by atoms with E-state index in [0.717, 1.165) is 31.6 Å². The van der Waals surface area contributed by atoms with Crippen molar-refractivity contribution in [3.05, 3.63) is 0 Å². The third-order valence-electron chi connectivity index (χ3n) is 6.87. The molecular weight excluding hydrogens is 276 g/mol. The van der Waals surface area contributed by atoms with E-state index < -0.39 is 5.60 Å². The fourth-order valence-corrected chi connectivity index (χ4v) is 5.50. The van der Waals surface area contributed by atoms with Crippen molar-refractivity contribution in [3.63, 3.8) is 0 Å². The monoisotopic (exact) mass is 312 g/mol. The van der Waals surface area contributed by atoms with E-state index in [1.165, 1.54) is 25.7 Å². The molecule has 22 heavy (non-hydrogen) atoms. The average molecular weight is 312 g/mol. The predicted molar refractivity (Wildman–Crippen MR) is 89.5 cm³/mol. The molecule has 0 spiro atoms. The van der Waals surface area contributed by atoms with Gasteiger partial charge in [-0.2, -0.15) is 0 Å².